The van der Waals surface area contributed by atoms with E-state index >= 15 is 0 Å². The lowest BCUT2D eigenvalue weighted by Gasteiger charge is -2.24. The Bertz CT molecular complexity index is 424. The smallest absolute Gasteiger partial charge is 0.324 e. The van der Waals surface area contributed by atoms with Crippen molar-refractivity contribution < 1.29 is 17.9 Å². The van der Waals surface area contributed by atoms with Crippen LogP contribution in [0.5, 0.6) is 0 Å². The Morgan fingerprint density at radius 2 is 2.15 bits per heavy atom. The molecule has 1 saturated heterocycles. The summed E-state index contributed by atoms with van der Waals surface area (Å²) in [5, 5.41) is 0. The Kier molecular flexibility index (Phi) is 6.38. The monoisotopic (exact) mass is 307 g/mol. The number of nitrogens with one attached hydrogen (secondary N) is 1. The van der Waals surface area contributed by atoms with Gasteiger partial charge in [0.15, 0.2) is 0 Å². The predicted octanol–water partition coefficient (Wildman–Crippen LogP) is -0.168. The van der Waals surface area contributed by atoms with Gasteiger partial charge in [0.1, 0.15) is 6.04 Å². The lowest BCUT2D eigenvalue weighted by Crippen LogP contribution is -2.50. The van der Waals surface area contributed by atoms with Crippen LogP contribution in [0.1, 0.15) is 33.6 Å². The van der Waals surface area contributed by atoms with Crippen LogP contribution in [-0.4, -0.2) is 50.5 Å². The third kappa shape index (κ3) is 4.41. The van der Waals surface area contributed by atoms with Crippen LogP contribution in [0.3, 0.4) is 0 Å². The van der Waals surface area contributed by atoms with Gasteiger partial charge in [0, 0.05) is 19.1 Å². The van der Waals surface area contributed by atoms with Gasteiger partial charge < -0.3 is 10.5 Å². The fourth-order valence-corrected chi connectivity index (χ4v) is 3.49. The highest BCUT2D eigenvalue weighted by Crippen LogP contribution is 2.21. The van der Waals surface area contributed by atoms with Crippen LogP contribution in [0.4, 0.5) is 0 Å². The quantitative estimate of drug-likeness (QED) is 0.636. The van der Waals surface area contributed by atoms with E-state index in [9.17, 15) is 13.2 Å². The Morgan fingerprint density at radius 1 is 1.50 bits per heavy atom. The zero-order valence-corrected chi connectivity index (χ0v) is 13.1. The van der Waals surface area contributed by atoms with Crippen LogP contribution in [0.2, 0.25) is 0 Å². The van der Waals surface area contributed by atoms with E-state index in [1.165, 1.54) is 4.31 Å². The molecule has 0 aromatic carbocycles. The average molecular weight is 307 g/mol. The molecule has 118 valence electrons. The molecule has 20 heavy (non-hydrogen) atoms. The number of nitrogens with two attached hydrogens (primary N) is 1. The largest absolute Gasteiger partial charge is 0.465 e. The van der Waals surface area contributed by atoms with E-state index in [0.717, 1.165) is 0 Å². The highest BCUT2D eigenvalue weighted by Gasteiger charge is 2.39. The summed E-state index contributed by atoms with van der Waals surface area (Å²) in [6.07, 6.45) is 1.15. The van der Waals surface area contributed by atoms with E-state index in [1.54, 1.807) is 6.92 Å². The normalized spacial score (nSPS) is 22.1. The van der Waals surface area contributed by atoms with Gasteiger partial charge in [0.25, 0.3) is 10.2 Å². The van der Waals surface area contributed by atoms with E-state index in [0.29, 0.717) is 19.4 Å². The molecule has 1 rings (SSSR count). The third-order valence-electron chi connectivity index (χ3n) is 3.43. The van der Waals surface area contributed by atoms with E-state index in [4.69, 9.17) is 10.5 Å². The van der Waals surface area contributed by atoms with Crippen molar-refractivity contribution in [2.24, 2.45) is 11.7 Å². The van der Waals surface area contributed by atoms with Gasteiger partial charge >= 0.3 is 5.97 Å². The highest BCUT2D eigenvalue weighted by molar-refractivity contribution is 7.87. The number of ether oxygens (including phenoxy) is 1. The molecule has 8 heteroatoms. The second-order valence-corrected chi connectivity index (χ2v) is 6.99. The van der Waals surface area contributed by atoms with Crippen molar-refractivity contribution in [3.63, 3.8) is 0 Å². The van der Waals surface area contributed by atoms with Crippen molar-refractivity contribution in [2.75, 3.05) is 19.7 Å². The van der Waals surface area contributed by atoms with Gasteiger partial charge in [-0.1, -0.05) is 13.8 Å². The van der Waals surface area contributed by atoms with Crippen molar-refractivity contribution in [3.05, 3.63) is 0 Å². The molecular weight excluding hydrogens is 282 g/mol. The fourth-order valence-electron chi connectivity index (χ4n) is 2.02. The van der Waals surface area contributed by atoms with E-state index in [1.807, 2.05) is 13.8 Å². The Morgan fingerprint density at radius 3 is 2.70 bits per heavy atom. The van der Waals surface area contributed by atoms with Gasteiger partial charge in [-0.2, -0.15) is 12.7 Å². The Labute approximate surface area is 121 Å². The minimum Gasteiger partial charge on any atom is -0.465 e. The van der Waals surface area contributed by atoms with Crippen LogP contribution in [-0.2, 0) is 19.7 Å². The summed E-state index contributed by atoms with van der Waals surface area (Å²) >= 11 is 0. The fraction of sp³-hybridized carbons (Fsp3) is 0.917. The van der Waals surface area contributed by atoms with Crippen molar-refractivity contribution in [1.82, 2.24) is 9.03 Å². The summed E-state index contributed by atoms with van der Waals surface area (Å²) in [4.78, 5) is 11.8. The highest BCUT2D eigenvalue weighted by atomic mass is 32.2. The van der Waals surface area contributed by atoms with Gasteiger partial charge in [-0.15, -0.1) is 0 Å². The van der Waals surface area contributed by atoms with Crippen LogP contribution in [0, 0.1) is 5.92 Å². The number of hydrogen-bond donors (Lipinski definition) is 2. The summed E-state index contributed by atoms with van der Waals surface area (Å²) in [5.74, 6) is -0.305. The van der Waals surface area contributed by atoms with Crippen LogP contribution < -0.4 is 10.5 Å². The van der Waals surface area contributed by atoms with Crippen molar-refractivity contribution in [2.45, 2.75) is 45.7 Å². The van der Waals surface area contributed by atoms with E-state index < -0.39 is 22.2 Å². The molecule has 2 unspecified atom stereocenters. The number of rotatable bonds is 7. The zero-order chi connectivity index (χ0) is 15.3. The number of carbonyl (C=O) groups is 1. The molecule has 0 radical (unpaired) electrons. The van der Waals surface area contributed by atoms with Crippen molar-refractivity contribution >= 4 is 16.2 Å². The van der Waals surface area contributed by atoms with Crippen molar-refractivity contribution in [1.29, 1.82) is 0 Å². The standard InChI is InChI=1S/C12H25N3O4S/c1-4-19-12(16)11-6-5-7-15(11)20(17,18)14-8-10(13)9(2)3/h9-11,14H,4-8,13H2,1-3H3. The lowest BCUT2D eigenvalue weighted by atomic mass is 10.1. The molecule has 1 heterocycles. The summed E-state index contributed by atoms with van der Waals surface area (Å²) in [6.45, 7) is 6.29. The van der Waals surface area contributed by atoms with Crippen LogP contribution in [0.15, 0.2) is 0 Å². The predicted molar refractivity (Wildman–Crippen MR) is 76.1 cm³/mol. The first-order valence-corrected chi connectivity index (χ1v) is 8.42. The topological polar surface area (TPSA) is 102 Å². The first-order chi connectivity index (χ1) is 9.29. The molecule has 7 nitrogen and oxygen atoms in total. The number of carbonyl (C=O) groups excluding carboxylic acids is 1. The van der Waals surface area contributed by atoms with Gasteiger partial charge in [0.2, 0.25) is 0 Å². The summed E-state index contributed by atoms with van der Waals surface area (Å²) in [7, 11) is -3.70. The van der Waals surface area contributed by atoms with Crippen LogP contribution in [0.25, 0.3) is 0 Å². The molecule has 0 spiro atoms. The molecule has 0 aliphatic carbocycles. The molecule has 0 saturated carbocycles. The second-order valence-electron chi connectivity index (χ2n) is 5.28. The first kappa shape index (κ1) is 17.4. The molecule has 1 fully saturated rings. The first-order valence-electron chi connectivity index (χ1n) is 6.98. The van der Waals surface area contributed by atoms with Gasteiger partial charge in [0.05, 0.1) is 6.61 Å². The number of nitrogens with zero attached hydrogens (tertiary/aromatic N) is 1. The minimum absolute atomic E-state index is 0.159. The maximum atomic E-state index is 12.2. The molecule has 0 amide bonds. The zero-order valence-electron chi connectivity index (χ0n) is 12.3. The van der Waals surface area contributed by atoms with Crippen molar-refractivity contribution in [3.8, 4) is 0 Å². The molecule has 2 atom stereocenters. The second kappa shape index (κ2) is 7.35. The molecule has 3 N–H and O–H groups in total. The minimum atomic E-state index is -3.70. The summed E-state index contributed by atoms with van der Waals surface area (Å²) in [5.41, 5.74) is 5.83. The summed E-state index contributed by atoms with van der Waals surface area (Å²) < 4.78 is 33.0. The summed E-state index contributed by atoms with van der Waals surface area (Å²) in [6, 6.07) is -0.976. The Balaban J connectivity index is 2.68. The number of esters is 1. The maximum Gasteiger partial charge on any atom is 0.324 e. The van der Waals surface area contributed by atoms with Gasteiger partial charge in [-0.05, 0) is 25.7 Å². The van der Waals surface area contributed by atoms with Gasteiger partial charge in [-0.25, -0.2) is 4.72 Å². The van der Waals surface area contributed by atoms with Crippen LogP contribution >= 0.6 is 0 Å². The Hall–Kier alpha value is -0.700. The van der Waals surface area contributed by atoms with E-state index in [2.05, 4.69) is 4.72 Å². The maximum absolute atomic E-state index is 12.2. The molecular formula is C12H25N3O4S. The SMILES string of the molecule is CCOC(=O)C1CCCN1S(=O)(=O)NCC(N)C(C)C. The van der Waals surface area contributed by atoms with E-state index in [-0.39, 0.29) is 25.1 Å². The third-order valence-corrected chi connectivity index (χ3v) is 5.01. The van der Waals surface area contributed by atoms with Gasteiger partial charge in [-0.3, -0.25) is 4.79 Å². The molecule has 0 aromatic rings. The molecule has 0 aromatic heterocycles. The molecule has 0 bridgehead atoms. The molecule has 1 aliphatic heterocycles. The molecule has 1 aliphatic rings. The number of hydrogen-bond acceptors (Lipinski definition) is 5. The average Bonchev–Trinajstić information content (AvgIpc) is 2.86. The lowest BCUT2D eigenvalue weighted by molar-refractivity contribution is -0.146.